The third-order valence-corrected chi connectivity index (χ3v) is 14.3. The lowest BCUT2D eigenvalue weighted by Crippen LogP contribution is -2.41. The summed E-state index contributed by atoms with van der Waals surface area (Å²) in [6.07, 6.45) is -10.3. The third-order valence-electron chi connectivity index (χ3n) is 11.1. The Morgan fingerprint density at radius 1 is 1.01 bits per heavy atom. The van der Waals surface area contributed by atoms with Gasteiger partial charge in [0.05, 0.1) is 41.0 Å². The van der Waals surface area contributed by atoms with Gasteiger partial charge in [0.25, 0.3) is 5.92 Å². The maximum atomic E-state index is 15.4. The lowest BCUT2D eigenvalue weighted by Gasteiger charge is -2.23. The Bertz CT molecular complexity index is 3200. The summed E-state index contributed by atoms with van der Waals surface area (Å²) in [6.45, 7) is -0.934. The zero-order valence-corrected chi connectivity index (χ0v) is 39.0. The number of anilines is 1. The molecule has 3 atom stereocenters. The number of alkyl halides is 8. The topological polar surface area (TPSA) is 213 Å². The van der Waals surface area contributed by atoms with Crippen molar-refractivity contribution in [1.29, 1.82) is 0 Å². The standard InChI is InChI=1S/C42H36ClF10N7O8S2/c1-39(2,69(4,64)65)11-10-22-6-7-23(24-8-9-27(43)31-33(24)59(18-40(46,47)48)58-36(31)60(70(5,66)67)37(62)38(63)68-3)32(56-22)28(14-19-12-20(44)15-21(45)13-19)57-29(61)17-55-35-30(34(54)42(51,52)53)25-16-26(25)41(35,49)50/h6-9,12-13,15,25-26,28H,14,16-18,54H2,1-5H3,(H,57,61)/t25-,26+,28-/m0/s1. The highest BCUT2D eigenvalue weighted by Gasteiger charge is 2.68. The Kier molecular flexibility index (Phi) is 14.0. The van der Waals surface area contributed by atoms with E-state index in [9.17, 15) is 66.3 Å². The molecule has 2 saturated carbocycles. The number of hydrogen-bond acceptors (Lipinski definition) is 12. The van der Waals surface area contributed by atoms with Crippen molar-refractivity contribution in [3.63, 3.8) is 0 Å². The number of carbonyl (C=O) groups excluding carboxylic acids is 3. The van der Waals surface area contributed by atoms with E-state index in [1.54, 1.807) is 0 Å². The summed E-state index contributed by atoms with van der Waals surface area (Å²) in [7, 11) is -8.19. The number of sulfone groups is 1. The molecule has 15 nitrogen and oxygen atoms in total. The van der Waals surface area contributed by atoms with Gasteiger partial charge in [-0.3, -0.25) is 19.3 Å². The fraction of sp³-hybridized carbons (Fsp3) is 0.381. The van der Waals surface area contributed by atoms with Gasteiger partial charge in [0.1, 0.15) is 46.6 Å². The number of ether oxygens (including phenoxy) is 1. The van der Waals surface area contributed by atoms with Crippen LogP contribution in [0.2, 0.25) is 5.02 Å². The molecule has 0 unspecified atom stereocenters. The highest BCUT2D eigenvalue weighted by molar-refractivity contribution is 7.93. The molecule has 0 bridgehead atoms. The van der Waals surface area contributed by atoms with Crippen LogP contribution in [-0.2, 0) is 51.9 Å². The van der Waals surface area contributed by atoms with Crippen LogP contribution >= 0.6 is 11.6 Å². The molecule has 28 heteroatoms. The summed E-state index contributed by atoms with van der Waals surface area (Å²) in [5, 5.41) is 4.86. The van der Waals surface area contributed by atoms with Gasteiger partial charge in [-0.25, -0.2) is 35.4 Å². The van der Waals surface area contributed by atoms with E-state index in [1.165, 1.54) is 13.8 Å². The number of rotatable bonds is 11. The van der Waals surface area contributed by atoms with Gasteiger partial charge in [-0.2, -0.15) is 44.5 Å². The number of fused-ring (bicyclic) bond motifs is 2. The molecule has 0 spiro atoms. The van der Waals surface area contributed by atoms with Crippen molar-refractivity contribution in [2.45, 2.75) is 62.3 Å². The first-order chi connectivity index (χ1) is 32.1. The van der Waals surface area contributed by atoms with E-state index in [1.807, 2.05) is 0 Å². The number of carbonyl (C=O) groups is 3. The second-order valence-corrected chi connectivity index (χ2v) is 21.4. The van der Waals surface area contributed by atoms with E-state index < -0.39 is 160 Å². The Morgan fingerprint density at radius 2 is 1.63 bits per heavy atom. The normalized spacial score (nSPS) is 18.7. The number of pyridine rings is 1. The molecule has 2 aromatic heterocycles. The van der Waals surface area contributed by atoms with Crippen LogP contribution in [0.25, 0.3) is 22.0 Å². The van der Waals surface area contributed by atoms with E-state index in [2.05, 4.69) is 37.0 Å². The number of nitrogens with two attached hydrogens (primary N) is 1. The summed E-state index contributed by atoms with van der Waals surface area (Å²) in [5.41, 5.74) is -1.62. The first-order valence-corrected chi connectivity index (χ1v) is 24.1. The van der Waals surface area contributed by atoms with Crippen molar-refractivity contribution in [3.05, 3.63) is 87.3 Å². The number of esters is 1. The summed E-state index contributed by atoms with van der Waals surface area (Å²) < 4.78 is 198. The molecule has 2 aliphatic rings. The number of nitrogens with zero attached hydrogens (tertiary/aromatic N) is 5. The fourth-order valence-electron chi connectivity index (χ4n) is 7.51. The second-order valence-electron chi connectivity index (χ2n) is 16.6. The van der Waals surface area contributed by atoms with Crippen molar-refractivity contribution in [2.24, 2.45) is 22.6 Å². The van der Waals surface area contributed by atoms with Crippen LogP contribution in [0.3, 0.4) is 0 Å². The number of hydrogen-bond donors (Lipinski definition) is 2. The smallest absolute Gasteiger partial charge is 0.431 e. The maximum Gasteiger partial charge on any atom is 0.431 e. The number of aromatic nitrogens is 3. The molecular weight excluding hydrogens is 1020 g/mol. The minimum absolute atomic E-state index is 0.163. The van der Waals surface area contributed by atoms with Crippen molar-refractivity contribution in [2.75, 3.05) is 30.5 Å². The molecule has 0 saturated heterocycles. The lowest BCUT2D eigenvalue weighted by atomic mass is 9.93. The predicted octanol–water partition coefficient (Wildman–Crippen LogP) is 6.13. The third kappa shape index (κ3) is 10.9. The Labute approximate surface area is 396 Å². The van der Waals surface area contributed by atoms with Crippen molar-refractivity contribution >= 4 is 71.7 Å². The van der Waals surface area contributed by atoms with E-state index in [-0.39, 0.29) is 32.2 Å². The number of halogens is 11. The van der Waals surface area contributed by atoms with Crippen molar-refractivity contribution in [3.8, 4) is 23.0 Å². The number of allylic oxidation sites excluding steroid dienone is 2. The summed E-state index contributed by atoms with van der Waals surface area (Å²) in [4.78, 5) is 47.5. The second kappa shape index (κ2) is 18.5. The van der Waals surface area contributed by atoms with Gasteiger partial charge in [0, 0.05) is 34.9 Å². The highest BCUT2D eigenvalue weighted by Crippen LogP contribution is 2.62. The van der Waals surface area contributed by atoms with Crippen LogP contribution in [0.5, 0.6) is 0 Å². The van der Waals surface area contributed by atoms with Crippen molar-refractivity contribution in [1.82, 2.24) is 20.1 Å². The first-order valence-electron chi connectivity index (χ1n) is 19.9. The van der Waals surface area contributed by atoms with E-state index >= 15 is 8.78 Å². The molecule has 0 aliphatic heterocycles. The first kappa shape index (κ1) is 53.1. The van der Waals surface area contributed by atoms with Crippen LogP contribution < -0.4 is 15.4 Å². The van der Waals surface area contributed by atoms with Gasteiger partial charge < -0.3 is 15.8 Å². The Hall–Kier alpha value is -6.27. The zero-order valence-electron chi connectivity index (χ0n) is 36.7. The van der Waals surface area contributed by atoms with Gasteiger partial charge in [0.15, 0.2) is 15.7 Å². The molecular formula is C42H36ClF10N7O8S2. The number of benzene rings is 2. The molecule has 376 valence electrons. The Balaban J connectivity index is 1.65. The molecule has 70 heavy (non-hydrogen) atoms. The van der Waals surface area contributed by atoms with Crippen LogP contribution in [0.1, 0.15) is 43.3 Å². The average Bonchev–Trinajstić information content (AvgIpc) is 3.89. The molecule has 0 radical (unpaired) electrons. The fourth-order valence-corrected chi connectivity index (χ4v) is 8.80. The molecule has 2 aromatic carbocycles. The molecule has 2 fully saturated rings. The summed E-state index contributed by atoms with van der Waals surface area (Å²) in [6, 6.07) is 4.49. The quantitative estimate of drug-likeness (QED) is 0.0755. The van der Waals surface area contributed by atoms with Crippen LogP contribution in [0.15, 0.2) is 58.7 Å². The van der Waals surface area contributed by atoms with E-state index in [4.69, 9.17) is 17.3 Å². The number of methoxy groups -OCH3 is 1. The van der Waals surface area contributed by atoms with E-state index in [0.717, 1.165) is 42.7 Å². The van der Waals surface area contributed by atoms with Gasteiger partial charge in [-0.1, -0.05) is 23.6 Å². The monoisotopic (exact) mass is 1060 g/mol. The lowest BCUT2D eigenvalue weighted by molar-refractivity contribution is -0.150. The van der Waals surface area contributed by atoms with Gasteiger partial charge in [-0.15, -0.1) is 0 Å². The van der Waals surface area contributed by atoms with Crippen molar-refractivity contribution < 1.29 is 79.9 Å². The number of sulfonamides is 1. The molecule has 6 rings (SSSR count). The highest BCUT2D eigenvalue weighted by atomic mass is 35.5. The SMILES string of the molecule is COC(=O)C(=O)N(c1nn(CC(F)(F)F)c2c(-c3ccc(C#CC(C)(C)S(C)(=O)=O)nc3[C@H](Cc3cc(F)cc(F)c3)NC(=O)CN=C3C(=C(N)C(F)(F)F)[C@H]4C[C@H]4C3(F)F)ccc(Cl)c12)S(C)(=O)=O. The van der Waals surface area contributed by atoms with Gasteiger partial charge in [-0.05, 0) is 74.4 Å². The minimum Gasteiger partial charge on any atom is -0.462 e. The van der Waals surface area contributed by atoms with E-state index in [0.29, 0.717) is 19.4 Å². The molecule has 2 heterocycles. The molecule has 2 amide bonds. The zero-order chi connectivity index (χ0) is 52.4. The largest absolute Gasteiger partial charge is 0.462 e. The van der Waals surface area contributed by atoms with Gasteiger partial charge in [0.2, 0.25) is 15.9 Å². The summed E-state index contributed by atoms with van der Waals surface area (Å²) in [5.74, 6) is -10.4. The summed E-state index contributed by atoms with van der Waals surface area (Å²) >= 11 is 6.51. The molecule has 2 aliphatic carbocycles. The Morgan fingerprint density at radius 3 is 2.19 bits per heavy atom. The van der Waals surface area contributed by atoms with Crippen LogP contribution in [-0.4, -0.2) is 104 Å². The average molecular weight is 1060 g/mol. The maximum absolute atomic E-state index is 15.4. The number of nitrogens with one attached hydrogen (secondary N) is 1. The van der Waals surface area contributed by atoms with Crippen LogP contribution in [0, 0.1) is 35.3 Å². The number of amides is 2. The number of aliphatic imine (C=N–C) groups is 1. The molecule has 4 aromatic rings. The minimum atomic E-state index is -5.27. The van der Waals surface area contributed by atoms with Crippen LogP contribution in [0.4, 0.5) is 49.7 Å². The van der Waals surface area contributed by atoms with Gasteiger partial charge >= 0.3 is 24.2 Å². The predicted molar refractivity (Wildman–Crippen MR) is 231 cm³/mol. The molecule has 3 N–H and O–H groups in total.